The largest absolute Gasteiger partial charge is 0.412 e. The summed E-state index contributed by atoms with van der Waals surface area (Å²) in [5.41, 5.74) is 0. The predicted molar refractivity (Wildman–Crippen MR) is 38.0 cm³/mol. The lowest BCUT2D eigenvalue weighted by atomic mass is 13.8. The van der Waals surface area contributed by atoms with Gasteiger partial charge in [0.15, 0.2) is 0 Å². The van der Waals surface area contributed by atoms with Gasteiger partial charge in [0.1, 0.15) is 0 Å². The molecule has 0 bridgehead atoms. The Bertz CT molecular complexity index is 25.7. The Labute approximate surface area is 47.6 Å². The zero-order chi connectivity index (χ0) is 4.24. The molecule has 1 heterocycles. The number of hydrogen-bond donors (Lipinski definition) is 3. The monoisotopic (exact) mass is 159 g/mol. The van der Waals surface area contributed by atoms with E-state index in [0.29, 0.717) is 0 Å². The van der Waals surface area contributed by atoms with E-state index in [1.54, 1.807) is 0 Å². The average molecular weight is 159 g/mol. The van der Waals surface area contributed by atoms with Gasteiger partial charge < -0.3 is 5.48 Å². The molecule has 7 heavy (non-hydrogen) atoms. The minimum absolute atomic E-state index is 0. The molecule has 0 aromatic heterocycles. The molecule has 4 nitrogen and oxygen atoms in total. The van der Waals surface area contributed by atoms with Gasteiger partial charge in [-0.25, -0.2) is 0 Å². The molecule has 0 atom stereocenters. The van der Waals surface area contributed by atoms with E-state index in [-0.39, 0.29) is 5.48 Å². The Kier molecular flexibility index (Phi) is 6.12. The lowest BCUT2D eigenvalue weighted by Gasteiger charge is -2.12. The van der Waals surface area contributed by atoms with Crippen LogP contribution in [-0.2, 0) is 0 Å². The summed E-state index contributed by atoms with van der Waals surface area (Å²) >= 11 is 0. The Morgan fingerprint density at radius 3 is 1.14 bits per heavy atom. The topological polar surface area (TPSA) is 67.6 Å². The van der Waals surface area contributed by atoms with Gasteiger partial charge in [0.2, 0.25) is 0 Å². The smallest absolute Gasteiger partial charge is 0.0273 e. The van der Waals surface area contributed by atoms with Gasteiger partial charge in [-0.2, -0.15) is 0 Å². The van der Waals surface area contributed by atoms with Crippen molar-refractivity contribution >= 4 is 26.6 Å². The van der Waals surface area contributed by atoms with Gasteiger partial charge in [-0.3, -0.25) is 14.6 Å². The highest BCUT2D eigenvalue weighted by Gasteiger charge is 1.89. The van der Waals surface area contributed by atoms with E-state index in [9.17, 15) is 0 Å². The van der Waals surface area contributed by atoms with Gasteiger partial charge in [0, 0.05) is 26.6 Å². The van der Waals surface area contributed by atoms with Crippen molar-refractivity contribution in [3.63, 3.8) is 0 Å². The molecule has 1 saturated heterocycles. The molecule has 1 fully saturated rings. The molecule has 0 aliphatic carbocycles. The molecular formula is H8N3OP3. The van der Waals surface area contributed by atoms with Gasteiger partial charge >= 0.3 is 0 Å². The molecule has 1 aliphatic rings. The van der Waals surface area contributed by atoms with E-state index in [1.165, 1.54) is 0 Å². The number of nitrogens with one attached hydrogen (secondary N) is 3. The van der Waals surface area contributed by atoms with Crippen molar-refractivity contribution in [3.05, 3.63) is 0 Å². The van der Waals surface area contributed by atoms with E-state index < -0.39 is 0 Å². The maximum Gasteiger partial charge on any atom is 0.0273 e. The van der Waals surface area contributed by atoms with E-state index in [4.69, 9.17) is 0 Å². The summed E-state index contributed by atoms with van der Waals surface area (Å²) < 4.78 is 0. The molecule has 7 heteroatoms. The number of hydrogen-bond acceptors (Lipinski definition) is 3. The van der Waals surface area contributed by atoms with E-state index in [1.807, 2.05) is 0 Å². The van der Waals surface area contributed by atoms with Crippen LogP contribution in [0.15, 0.2) is 0 Å². The summed E-state index contributed by atoms with van der Waals surface area (Å²) in [5.74, 6) is 0. The standard InChI is InChI=1S/H6N3P3.H2O/c1-4-2-6-3-5-1;/h1-6H;1H2. The summed E-state index contributed by atoms with van der Waals surface area (Å²) in [6.45, 7) is 0. The fourth-order valence-electron chi connectivity index (χ4n) is 0.188. The van der Waals surface area contributed by atoms with Crippen molar-refractivity contribution in [2.75, 3.05) is 0 Å². The van der Waals surface area contributed by atoms with Crippen LogP contribution in [0.25, 0.3) is 0 Å². The summed E-state index contributed by atoms with van der Waals surface area (Å²) in [4.78, 5) is 9.38. The third-order valence-electron chi connectivity index (χ3n) is 0.375. The Balaban J connectivity index is 0.000000360. The van der Waals surface area contributed by atoms with Crippen LogP contribution in [0.2, 0.25) is 0 Å². The highest BCUT2D eigenvalue weighted by Crippen LogP contribution is 2.23. The molecule has 1 aliphatic heterocycles. The third-order valence-corrected chi connectivity index (χ3v) is 3.38. The lowest BCUT2D eigenvalue weighted by molar-refractivity contribution is 0.824. The van der Waals surface area contributed by atoms with Crippen LogP contribution in [0.3, 0.4) is 0 Å². The van der Waals surface area contributed by atoms with Crippen LogP contribution in [0.4, 0.5) is 0 Å². The van der Waals surface area contributed by atoms with E-state index in [2.05, 4.69) is 14.6 Å². The quantitative estimate of drug-likeness (QED) is 0.416. The summed E-state index contributed by atoms with van der Waals surface area (Å²) in [5, 5.41) is 0. The summed E-state index contributed by atoms with van der Waals surface area (Å²) in [6.07, 6.45) is 0. The molecule has 0 radical (unpaired) electrons. The van der Waals surface area contributed by atoms with E-state index >= 15 is 0 Å². The molecule has 1 rings (SSSR count). The Morgan fingerprint density at radius 1 is 0.714 bits per heavy atom. The zero-order valence-corrected chi connectivity index (χ0v) is 6.50. The highest BCUT2D eigenvalue weighted by atomic mass is 31.2. The molecule has 44 valence electrons. The minimum Gasteiger partial charge on any atom is -0.412 e. The van der Waals surface area contributed by atoms with Gasteiger partial charge in [0.05, 0.1) is 0 Å². The average Bonchev–Trinajstić information content (AvgIpc) is 1.72. The fourth-order valence-corrected chi connectivity index (χ4v) is 3.38. The van der Waals surface area contributed by atoms with Gasteiger partial charge in [-0.15, -0.1) is 0 Å². The first-order valence-electron chi connectivity index (χ1n) is 1.50. The van der Waals surface area contributed by atoms with Crippen molar-refractivity contribution < 1.29 is 5.48 Å². The van der Waals surface area contributed by atoms with Crippen LogP contribution in [0.1, 0.15) is 0 Å². The second-order valence-electron chi connectivity index (χ2n) is 0.750. The highest BCUT2D eigenvalue weighted by molar-refractivity contribution is 7.65. The Morgan fingerprint density at radius 2 is 1.00 bits per heavy atom. The lowest BCUT2D eigenvalue weighted by Crippen LogP contribution is -2.07. The van der Waals surface area contributed by atoms with Crippen LogP contribution < -0.4 is 14.6 Å². The van der Waals surface area contributed by atoms with Crippen LogP contribution in [0.5, 0.6) is 0 Å². The predicted octanol–water partition coefficient (Wildman–Crippen LogP) is -0.530. The maximum atomic E-state index is 3.12. The second-order valence-corrected chi connectivity index (χ2v) is 4.50. The molecule has 0 saturated carbocycles. The molecule has 0 spiro atoms. The van der Waals surface area contributed by atoms with Gasteiger partial charge in [-0.05, 0) is 0 Å². The van der Waals surface area contributed by atoms with Crippen molar-refractivity contribution in [1.82, 2.24) is 14.6 Å². The molecule has 5 N–H and O–H groups in total. The Hall–Kier alpha value is 1.13. The van der Waals surface area contributed by atoms with Crippen molar-refractivity contribution in [2.24, 2.45) is 0 Å². The third kappa shape index (κ3) is 3.69. The van der Waals surface area contributed by atoms with E-state index in [0.717, 1.165) is 26.6 Å². The fraction of sp³-hybridized carbons (Fsp3) is 0. The summed E-state index contributed by atoms with van der Waals surface area (Å²) in [7, 11) is 2.29. The maximum absolute atomic E-state index is 3.12. The molecule has 0 unspecified atom stereocenters. The number of rotatable bonds is 0. The SMILES string of the molecule is N1PNPNP1.O. The van der Waals surface area contributed by atoms with Crippen LogP contribution in [-0.4, -0.2) is 5.48 Å². The van der Waals surface area contributed by atoms with Gasteiger partial charge in [-0.1, -0.05) is 0 Å². The van der Waals surface area contributed by atoms with Gasteiger partial charge in [0.25, 0.3) is 0 Å². The minimum atomic E-state index is 0. The van der Waals surface area contributed by atoms with Crippen molar-refractivity contribution in [1.29, 1.82) is 0 Å². The first-order valence-corrected chi connectivity index (χ1v) is 4.50. The van der Waals surface area contributed by atoms with Crippen LogP contribution >= 0.6 is 26.6 Å². The normalized spacial score (nSPS) is 30.9. The zero-order valence-electron chi connectivity index (χ0n) is 3.50. The molecule has 0 aromatic rings. The molecular weight excluding hydrogens is 151 g/mol. The van der Waals surface area contributed by atoms with Crippen molar-refractivity contribution in [2.45, 2.75) is 0 Å². The first-order chi connectivity index (χ1) is 3.00. The summed E-state index contributed by atoms with van der Waals surface area (Å²) in [6, 6.07) is 0. The molecule has 0 aromatic carbocycles. The second kappa shape index (κ2) is 5.27. The first kappa shape index (κ1) is 8.13. The molecule has 0 amide bonds. The van der Waals surface area contributed by atoms with Crippen molar-refractivity contribution in [3.8, 4) is 0 Å². The van der Waals surface area contributed by atoms with Crippen LogP contribution in [0, 0.1) is 0 Å².